The molecule has 4 nitrogen and oxygen atoms in total. The van der Waals surface area contributed by atoms with Crippen LogP contribution in [0.4, 0.5) is 0 Å². The van der Waals surface area contributed by atoms with Gasteiger partial charge in [-0.1, -0.05) is 42.5 Å². The second kappa shape index (κ2) is 5.44. The summed E-state index contributed by atoms with van der Waals surface area (Å²) < 4.78 is 5.18. The number of rotatable bonds is 2. The average Bonchev–Trinajstić information content (AvgIpc) is 2.64. The molecule has 1 aliphatic carbocycles. The highest BCUT2D eigenvalue weighted by atomic mass is 16.5. The lowest BCUT2D eigenvalue weighted by Gasteiger charge is -2.28. The number of methoxy groups -OCH3 is 1. The Morgan fingerprint density at radius 3 is 2.33 bits per heavy atom. The fourth-order valence-corrected chi connectivity index (χ4v) is 3.40. The molecule has 0 spiro atoms. The molecule has 1 aliphatic rings. The van der Waals surface area contributed by atoms with Crippen LogP contribution in [-0.2, 0) is 0 Å². The smallest absolute Gasteiger partial charge is 0.194 e. The number of ether oxygens (including phenoxy) is 1. The van der Waals surface area contributed by atoms with E-state index in [-0.39, 0.29) is 0 Å². The van der Waals surface area contributed by atoms with Crippen molar-refractivity contribution in [2.75, 3.05) is 7.11 Å². The topological polar surface area (TPSA) is 66.8 Å². The molecule has 3 aromatic rings. The number of hydrogen-bond acceptors (Lipinski definition) is 4. The first kappa shape index (κ1) is 14.9. The van der Waals surface area contributed by atoms with Crippen molar-refractivity contribution in [2.45, 2.75) is 12.2 Å². The number of benzene rings is 3. The van der Waals surface area contributed by atoms with Crippen LogP contribution in [0.3, 0.4) is 0 Å². The summed E-state index contributed by atoms with van der Waals surface area (Å²) >= 11 is 0. The van der Waals surface area contributed by atoms with Crippen LogP contribution in [0.5, 0.6) is 5.75 Å². The minimum Gasteiger partial charge on any atom is -0.497 e. The first-order chi connectivity index (χ1) is 11.6. The fraction of sp³-hybridized carbons (Fsp3) is 0.150. The van der Waals surface area contributed by atoms with Crippen LogP contribution in [0, 0.1) is 0 Å². The van der Waals surface area contributed by atoms with Crippen molar-refractivity contribution in [3.63, 3.8) is 0 Å². The molecule has 0 saturated heterocycles. The normalized spacial score (nSPS) is 19.5. The zero-order chi connectivity index (χ0) is 16.8. The standard InChI is InChI=1S/C20H16O4/c1-24-13-8-5-11(6-9-13)14-10-7-12-3-2-4-15-16(12)17(14)19(22)20(23)18(15)21/h2-10,19-20,22-23H,1H3. The third-order valence-electron chi connectivity index (χ3n) is 4.62. The second-order valence-electron chi connectivity index (χ2n) is 5.91. The number of hydrogen-bond donors (Lipinski definition) is 2. The molecule has 4 heteroatoms. The quantitative estimate of drug-likeness (QED) is 0.761. The maximum Gasteiger partial charge on any atom is 0.194 e. The lowest BCUT2D eigenvalue weighted by molar-refractivity contribution is 0.0195. The predicted molar refractivity (Wildman–Crippen MR) is 91.2 cm³/mol. The predicted octanol–water partition coefficient (Wildman–Crippen LogP) is 3.11. The maximum atomic E-state index is 12.3. The largest absolute Gasteiger partial charge is 0.497 e. The molecule has 2 atom stereocenters. The molecule has 0 radical (unpaired) electrons. The average molecular weight is 320 g/mol. The van der Waals surface area contributed by atoms with Gasteiger partial charge >= 0.3 is 0 Å². The van der Waals surface area contributed by atoms with E-state index in [4.69, 9.17) is 4.74 Å². The zero-order valence-corrected chi connectivity index (χ0v) is 13.1. The van der Waals surface area contributed by atoms with Crippen molar-refractivity contribution in [3.05, 3.63) is 65.7 Å². The van der Waals surface area contributed by atoms with Crippen LogP contribution in [0.15, 0.2) is 54.6 Å². The lowest BCUT2D eigenvalue weighted by Crippen LogP contribution is -2.32. The first-order valence-corrected chi connectivity index (χ1v) is 7.72. The van der Waals surface area contributed by atoms with E-state index in [1.165, 1.54) is 0 Å². The summed E-state index contributed by atoms with van der Waals surface area (Å²) in [5, 5.41) is 22.3. The lowest BCUT2D eigenvalue weighted by atomic mass is 9.80. The number of ketones is 1. The van der Waals surface area contributed by atoms with Crippen LogP contribution in [0.2, 0.25) is 0 Å². The molecule has 0 fully saturated rings. The van der Waals surface area contributed by atoms with Gasteiger partial charge in [-0.3, -0.25) is 4.79 Å². The first-order valence-electron chi connectivity index (χ1n) is 7.72. The van der Waals surface area contributed by atoms with Gasteiger partial charge in [-0.15, -0.1) is 0 Å². The molecule has 0 bridgehead atoms. The van der Waals surface area contributed by atoms with Gasteiger partial charge in [0.15, 0.2) is 5.78 Å². The van der Waals surface area contributed by atoms with Gasteiger partial charge < -0.3 is 14.9 Å². The van der Waals surface area contributed by atoms with Crippen LogP contribution in [0.25, 0.3) is 21.9 Å². The van der Waals surface area contributed by atoms with Gasteiger partial charge in [0.2, 0.25) is 0 Å². The molecule has 3 aromatic carbocycles. The molecular formula is C20H16O4. The molecule has 2 unspecified atom stereocenters. The fourth-order valence-electron chi connectivity index (χ4n) is 3.40. The van der Waals surface area contributed by atoms with Gasteiger partial charge in [-0.05, 0) is 39.6 Å². The second-order valence-corrected chi connectivity index (χ2v) is 5.91. The zero-order valence-electron chi connectivity index (χ0n) is 13.1. The van der Waals surface area contributed by atoms with Crippen molar-refractivity contribution >= 4 is 16.6 Å². The molecule has 0 heterocycles. The molecule has 2 N–H and O–H groups in total. The highest BCUT2D eigenvalue weighted by Gasteiger charge is 2.36. The molecule has 0 amide bonds. The molecule has 120 valence electrons. The Morgan fingerprint density at radius 1 is 0.875 bits per heavy atom. The summed E-state index contributed by atoms with van der Waals surface area (Å²) in [6.07, 6.45) is -2.68. The van der Waals surface area contributed by atoms with Crippen molar-refractivity contribution in [3.8, 4) is 16.9 Å². The van der Waals surface area contributed by atoms with Crippen LogP contribution in [0.1, 0.15) is 22.0 Å². The van der Waals surface area contributed by atoms with E-state index in [2.05, 4.69) is 0 Å². The van der Waals surface area contributed by atoms with Crippen molar-refractivity contribution in [1.29, 1.82) is 0 Å². The Bertz CT molecular complexity index is 944. The van der Waals surface area contributed by atoms with Crippen molar-refractivity contribution < 1.29 is 19.7 Å². The van der Waals surface area contributed by atoms with Crippen LogP contribution >= 0.6 is 0 Å². The number of aliphatic hydroxyl groups excluding tert-OH is 2. The van der Waals surface area contributed by atoms with Crippen LogP contribution in [-0.4, -0.2) is 29.2 Å². The molecule has 4 rings (SSSR count). The van der Waals surface area contributed by atoms with Gasteiger partial charge in [0, 0.05) is 5.56 Å². The van der Waals surface area contributed by atoms with Gasteiger partial charge in [0.05, 0.1) is 7.11 Å². The van der Waals surface area contributed by atoms with Crippen LogP contribution < -0.4 is 4.74 Å². The van der Waals surface area contributed by atoms with E-state index in [1.807, 2.05) is 42.5 Å². The third kappa shape index (κ3) is 2.04. The Hall–Kier alpha value is -2.69. The van der Waals surface area contributed by atoms with E-state index in [0.29, 0.717) is 16.5 Å². The molecular weight excluding hydrogens is 304 g/mol. The number of carbonyl (C=O) groups is 1. The SMILES string of the molecule is COc1ccc(-c2ccc3cccc4c3c2C(O)C(O)C4=O)cc1. The Morgan fingerprint density at radius 2 is 1.62 bits per heavy atom. The molecule has 0 saturated carbocycles. The Kier molecular flexibility index (Phi) is 3.37. The summed E-state index contributed by atoms with van der Waals surface area (Å²) in [6, 6.07) is 16.7. The van der Waals surface area contributed by atoms with E-state index < -0.39 is 18.0 Å². The van der Waals surface area contributed by atoms with E-state index >= 15 is 0 Å². The van der Waals surface area contributed by atoms with Gasteiger partial charge in [-0.2, -0.15) is 0 Å². The third-order valence-corrected chi connectivity index (χ3v) is 4.62. The van der Waals surface area contributed by atoms with E-state index in [0.717, 1.165) is 22.3 Å². The highest BCUT2D eigenvalue weighted by molar-refractivity contribution is 6.15. The van der Waals surface area contributed by atoms with Crippen molar-refractivity contribution in [1.82, 2.24) is 0 Å². The number of aliphatic hydroxyl groups is 2. The van der Waals surface area contributed by atoms with Crippen molar-refractivity contribution in [2.24, 2.45) is 0 Å². The summed E-state index contributed by atoms with van der Waals surface area (Å²) in [5.41, 5.74) is 2.75. The summed E-state index contributed by atoms with van der Waals surface area (Å²) in [7, 11) is 1.60. The van der Waals surface area contributed by atoms with Gasteiger partial charge in [0.1, 0.15) is 18.0 Å². The minimum absolute atomic E-state index is 0.438. The number of Topliss-reactive ketones (excluding diaryl/α,β-unsaturated/α-hetero) is 1. The molecule has 0 aliphatic heterocycles. The Balaban J connectivity index is 2.03. The van der Waals surface area contributed by atoms with Gasteiger partial charge in [0.25, 0.3) is 0 Å². The molecule has 0 aromatic heterocycles. The van der Waals surface area contributed by atoms with E-state index in [1.54, 1.807) is 19.2 Å². The minimum atomic E-state index is -1.44. The summed E-state index contributed by atoms with van der Waals surface area (Å²) in [6.45, 7) is 0. The van der Waals surface area contributed by atoms with Gasteiger partial charge in [-0.25, -0.2) is 0 Å². The highest BCUT2D eigenvalue weighted by Crippen LogP contribution is 2.41. The summed E-state index contributed by atoms with van der Waals surface area (Å²) in [5.74, 6) is 0.303. The Labute approximate surface area is 138 Å². The monoisotopic (exact) mass is 320 g/mol. The maximum absolute atomic E-state index is 12.3. The van der Waals surface area contributed by atoms with E-state index in [9.17, 15) is 15.0 Å². The number of carbonyl (C=O) groups excluding carboxylic acids is 1. The summed E-state index contributed by atoms with van der Waals surface area (Å²) in [4.78, 5) is 12.3. The molecule has 24 heavy (non-hydrogen) atoms.